The zero-order valence-electron chi connectivity index (χ0n) is 32.6. The SMILES string of the molecule is C.C.C.C=CCC(=O)[O-].C=CCC(=O)[O-].CCC(C)(C)c1ccc([I-]c2ccc(C(C)(C)CC)cc2)cc1.c1ccc([S+](c2ccccc2)c2ccccc2)cc1. The van der Waals surface area contributed by atoms with Crippen LogP contribution < -0.4 is 31.4 Å². The minimum absolute atomic E-state index is 0. The van der Waals surface area contributed by atoms with Gasteiger partial charge in [0.1, 0.15) is 0 Å². The minimum Gasteiger partial charge on any atom is -0.0619 e. The first kappa shape index (κ1) is 54.7. The number of hydrogen-bond donors (Lipinski definition) is 0. The van der Waals surface area contributed by atoms with Gasteiger partial charge in [-0.05, 0) is 36.4 Å². The van der Waals surface area contributed by atoms with E-state index < -0.39 is 11.9 Å². The molecule has 0 amide bonds. The Labute approximate surface area is 359 Å². The van der Waals surface area contributed by atoms with Crippen molar-refractivity contribution in [3.8, 4) is 0 Å². The topological polar surface area (TPSA) is 80.3 Å². The molecule has 0 saturated carbocycles. The van der Waals surface area contributed by atoms with Crippen LogP contribution in [0, 0.1) is 7.14 Å². The van der Waals surface area contributed by atoms with Gasteiger partial charge in [-0.1, -0.05) is 89.0 Å². The monoisotopic (exact) mass is 902 g/mol. The van der Waals surface area contributed by atoms with Gasteiger partial charge in [-0.25, -0.2) is 0 Å². The molecule has 0 atom stereocenters. The Kier molecular flexibility index (Phi) is 27.7. The van der Waals surface area contributed by atoms with Crippen molar-refractivity contribution in [3.05, 3.63) is 183 Å². The summed E-state index contributed by atoms with van der Waals surface area (Å²) in [6.07, 6.45) is 4.82. The van der Waals surface area contributed by atoms with E-state index in [-0.39, 0.29) is 78.1 Å². The zero-order valence-corrected chi connectivity index (χ0v) is 35.6. The van der Waals surface area contributed by atoms with E-state index >= 15 is 0 Å². The molecule has 0 unspecified atom stereocenters. The van der Waals surface area contributed by atoms with E-state index in [2.05, 4.69) is 194 Å². The first-order valence-electron chi connectivity index (χ1n) is 18.1. The normalized spacial score (nSPS) is 10.2. The van der Waals surface area contributed by atoms with Gasteiger partial charge in [0.15, 0.2) is 14.7 Å². The second kappa shape index (κ2) is 28.9. The smallest absolute Gasteiger partial charge is 0.0619 e. The summed E-state index contributed by atoms with van der Waals surface area (Å²) in [4.78, 5) is 22.9. The first-order valence-corrected chi connectivity index (χ1v) is 21.5. The number of rotatable bonds is 13. The summed E-state index contributed by atoms with van der Waals surface area (Å²) in [6.45, 7) is 20.2. The molecule has 0 bridgehead atoms. The molecule has 0 heterocycles. The predicted molar refractivity (Wildman–Crippen MR) is 238 cm³/mol. The third-order valence-corrected chi connectivity index (χ3v) is 13.7. The third-order valence-electron chi connectivity index (χ3n) is 8.80. The average Bonchev–Trinajstić information content (AvgIpc) is 3.17. The van der Waals surface area contributed by atoms with Crippen molar-refractivity contribution in [1.29, 1.82) is 0 Å². The van der Waals surface area contributed by atoms with Gasteiger partial charge in [0, 0.05) is 24.8 Å². The van der Waals surface area contributed by atoms with E-state index in [1.807, 2.05) is 0 Å². The number of carbonyl (C=O) groups excluding carboxylic acids is 2. The fourth-order valence-corrected chi connectivity index (χ4v) is 9.04. The van der Waals surface area contributed by atoms with Crippen molar-refractivity contribution in [3.63, 3.8) is 0 Å². The molecule has 5 aromatic rings. The number of carboxylic acid groups (broad SMARTS) is 2. The first-order chi connectivity index (χ1) is 25.8. The van der Waals surface area contributed by atoms with Crippen LogP contribution in [0.2, 0.25) is 0 Å². The minimum atomic E-state index is -1.08. The van der Waals surface area contributed by atoms with Gasteiger partial charge in [-0.2, -0.15) is 0 Å². The summed E-state index contributed by atoms with van der Waals surface area (Å²) in [7, 11) is -0.0146. The molecule has 5 rings (SSSR count). The molecule has 0 aliphatic heterocycles. The van der Waals surface area contributed by atoms with Gasteiger partial charge < -0.3 is 19.8 Å². The van der Waals surface area contributed by atoms with Gasteiger partial charge >= 0.3 is 153 Å². The van der Waals surface area contributed by atoms with Crippen LogP contribution in [0.4, 0.5) is 0 Å². The number of halogens is 1. The summed E-state index contributed by atoms with van der Waals surface area (Å²) < 4.78 is 3.00. The summed E-state index contributed by atoms with van der Waals surface area (Å²) >= 11 is -0.0793. The second-order valence-electron chi connectivity index (χ2n) is 13.6. The molecular formula is C51H67IO4S-2. The average molecular weight is 903 g/mol. The molecule has 0 spiro atoms. The quantitative estimate of drug-likeness (QED) is 0.0675. The molecule has 0 saturated heterocycles. The Morgan fingerprint density at radius 2 is 0.789 bits per heavy atom. The third kappa shape index (κ3) is 20.0. The van der Waals surface area contributed by atoms with Gasteiger partial charge in [0.05, 0.1) is 10.9 Å². The van der Waals surface area contributed by atoms with Crippen LogP contribution in [-0.2, 0) is 31.3 Å². The van der Waals surface area contributed by atoms with Gasteiger partial charge in [-0.15, -0.1) is 13.2 Å². The maximum Gasteiger partial charge on any atom is 0.166 e. The standard InChI is InChI=1S/C22H30I.C18H15S.2C4H6O2.3CH4/c1-7-21(3,4)17-9-13-19(14-10-17)23-20-15-11-18(12-16-20)22(5,6)8-2;1-4-10-16(11-5-1)19(17-12-6-2-7-13-17)18-14-8-3-9-15-18;2*1-2-3-4(5)6;;;/h9-16H,7-8H2,1-6H3;1-15H;2*2H,1,3H2,(H,5,6);3*1H4/q-1;+1;;;;;/p-2. The van der Waals surface area contributed by atoms with Crippen molar-refractivity contribution in [2.24, 2.45) is 0 Å². The maximum atomic E-state index is 9.42. The summed E-state index contributed by atoms with van der Waals surface area (Å²) in [5.74, 6) is -2.16. The molecule has 0 aromatic heterocycles. The van der Waals surface area contributed by atoms with Crippen molar-refractivity contribution in [1.82, 2.24) is 0 Å². The molecule has 0 aliphatic carbocycles. The van der Waals surface area contributed by atoms with Crippen LogP contribution in [0.3, 0.4) is 0 Å². The second-order valence-corrected chi connectivity index (χ2v) is 18.6. The van der Waals surface area contributed by atoms with Crippen LogP contribution in [0.15, 0.2) is 180 Å². The molecular weight excluding hydrogens is 836 g/mol. The molecule has 57 heavy (non-hydrogen) atoms. The molecule has 6 heteroatoms. The maximum absolute atomic E-state index is 9.42. The summed E-state index contributed by atoms with van der Waals surface area (Å²) in [6, 6.07) is 50.8. The van der Waals surface area contributed by atoms with Crippen molar-refractivity contribution in [2.45, 2.75) is 115 Å². The molecule has 0 fully saturated rings. The zero-order chi connectivity index (χ0) is 40.0. The molecule has 4 nitrogen and oxygen atoms in total. The van der Waals surface area contributed by atoms with Crippen LogP contribution in [0.1, 0.15) is 101 Å². The fraction of sp³-hybridized carbons (Fsp3) is 0.294. The number of aliphatic carboxylic acids is 2. The van der Waals surface area contributed by atoms with Gasteiger partial charge in [-0.3, -0.25) is 0 Å². The van der Waals surface area contributed by atoms with Crippen molar-refractivity contribution in [2.75, 3.05) is 0 Å². The molecule has 5 aromatic carbocycles. The molecule has 310 valence electrons. The van der Waals surface area contributed by atoms with Gasteiger partial charge in [0.25, 0.3) is 0 Å². The fourth-order valence-electron chi connectivity index (χ4n) is 4.78. The Hall–Kier alpha value is -4.40. The van der Waals surface area contributed by atoms with Crippen LogP contribution in [-0.4, -0.2) is 11.9 Å². The molecule has 0 radical (unpaired) electrons. The van der Waals surface area contributed by atoms with Crippen LogP contribution in [0.25, 0.3) is 0 Å². The molecule has 0 N–H and O–H groups in total. The van der Waals surface area contributed by atoms with E-state index in [0.29, 0.717) is 0 Å². The Bertz CT molecular complexity index is 1650. The number of hydrogen-bond acceptors (Lipinski definition) is 4. The predicted octanol–water partition coefficient (Wildman–Crippen LogP) is 8.51. The Morgan fingerprint density at radius 1 is 0.526 bits per heavy atom. The Morgan fingerprint density at radius 3 is 0.982 bits per heavy atom. The van der Waals surface area contributed by atoms with Gasteiger partial charge in [0.2, 0.25) is 0 Å². The van der Waals surface area contributed by atoms with E-state index in [1.54, 1.807) is 0 Å². The Balaban J connectivity index is 0. The van der Waals surface area contributed by atoms with Crippen LogP contribution >= 0.6 is 0 Å². The van der Waals surface area contributed by atoms with E-state index in [1.165, 1.54) is 57.9 Å². The van der Waals surface area contributed by atoms with Crippen LogP contribution in [0.5, 0.6) is 0 Å². The molecule has 0 aliphatic rings. The largest absolute Gasteiger partial charge is 0.166 e. The van der Waals surface area contributed by atoms with E-state index in [0.717, 1.165) is 0 Å². The summed E-state index contributed by atoms with van der Waals surface area (Å²) in [5.41, 5.74) is 3.47. The van der Waals surface area contributed by atoms with Crippen molar-refractivity contribution < 1.29 is 41.0 Å². The number of carboxylic acids is 2. The van der Waals surface area contributed by atoms with E-state index in [9.17, 15) is 19.8 Å². The summed E-state index contributed by atoms with van der Waals surface area (Å²) in [5, 5.41) is 18.8. The van der Waals surface area contributed by atoms with E-state index in [4.69, 9.17) is 0 Å². The van der Waals surface area contributed by atoms with Crippen molar-refractivity contribution >= 4 is 22.8 Å². The number of carbonyl (C=O) groups is 2. The number of benzene rings is 5.